The zero-order valence-corrected chi connectivity index (χ0v) is 9.24. The predicted octanol–water partition coefficient (Wildman–Crippen LogP) is 0.865. The normalized spacial score (nSPS) is 11.6. The lowest BCUT2D eigenvalue weighted by atomic mass is 10.1. The van der Waals surface area contributed by atoms with Gasteiger partial charge in [0.25, 0.3) is 0 Å². The van der Waals surface area contributed by atoms with Crippen molar-refractivity contribution in [1.29, 1.82) is 0 Å². The van der Waals surface area contributed by atoms with Gasteiger partial charge in [-0.2, -0.15) is 5.10 Å². The van der Waals surface area contributed by atoms with Crippen molar-refractivity contribution in [2.75, 3.05) is 0 Å². The summed E-state index contributed by atoms with van der Waals surface area (Å²) in [7, 11) is -3.52. The average Bonchev–Trinajstić information content (AvgIpc) is 2.65. The third kappa shape index (κ3) is 2.68. The van der Waals surface area contributed by atoms with E-state index < -0.39 is 10.0 Å². The second-order valence-corrected chi connectivity index (χ2v) is 5.07. The van der Waals surface area contributed by atoms with Crippen molar-refractivity contribution in [3.63, 3.8) is 0 Å². The molecule has 84 valence electrons. The Morgan fingerprint density at radius 1 is 1.25 bits per heavy atom. The van der Waals surface area contributed by atoms with E-state index in [9.17, 15) is 8.42 Å². The van der Waals surface area contributed by atoms with E-state index in [1.54, 1.807) is 6.07 Å². The molecule has 0 amide bonds. The molecule has 2 aromatic rings. The molecule has 0 saturated carbocycles. The van der Waals surface area contributed by atoms with Crippen molar-refractivity contribution in [3.8, 4) is 11.3 Å². The van der Waals surface area contributed by atoms with Crippen LogP contribution in [0.5, 0.6) is 0 Å². The number of aromatic nitrogens is 2. The standard InChI is InChI=1S/C10H11N3O2S/c11-16(14,15)7-9-6-10(13-12-9)8-4-2-1-3-5-8/h1-6H,7H2,(H,12,13)(H2,11,14,15). The van der Waals surface area contributed by atoms with Crippen molar-refractivity contribution in [3.05, 3.63) is 42.1 Å². The molecule has 1 heterocycles. The minimum absolute atomic E-state index is 0.229. The van der Waals surface area contributed by atoms with Gasteiger partial charge in [0.15, 0.2) is 0 Å². The average molecular weight is 237 g/mol. The summed E-state index contributed by atoms with van der Waals surface area (Å²) >= 11 is 0. The molecule has 0 aliphatic carbocycles. The van der Waals surface area contributed by atoms with Gasteiger partial charge in [-0.3, -0.25) is 5.10 Å². The molecule has 2 rings (SSSR count). The zero-order valence-electron chi connectivity index (χ0n) is 8.42. The summed E-state index contributed by atoms with van der Waals surface area (Å²) in [6.07, 6.45) is 0. The van der Waals surface area contributed by atoms with Gasteiger partial charge >= 0.3 is 0 Å². The Labute approximate surface area is 93.4 Å². The third-order valence-electron chi connectivity index (χ3n) is 2.06. The molecule has 0 spiro atoms. The summed E-state index contributed by atoms with van der Waals surface area (Å²) in [5.74, 6) is -0.229. The van der Waals surface area contributed by atoms with Crippen LogP contribution in [-0.2, 0) is 15.8 Å². The van der Waals surface area contributed by atoms with Crippen LogP contribution in [0.15, 0.2) is 36.4 Å². The number of hydrogen-bond acceptors (Lipinski definition) is 3. The highest BCUT2D eigenvalue weighted by Crippen LogP contribution is 2.17. The van der Waals surface area contributed by atoms with E-state index in [0.29, 0.717) is 11.4 Å². The van der Waals surface area contributed by atoms with Gasteiger partial charge in [0.1, 0.15) is 5.75 Å². The van der Waals surface area contributed by atoms with Crippen LogP contribution in [0.1, 0.15) is 5.69 Å². The maximum atomic E-state index is 10.9. The molecule has 0 radical (unpaired) electrons. The largest absolute Gasteiger partial charge is 0.281 e. The molecule has 0 atom stereocenters. The Hall–Kier alpha value is -1.66. The van der Waals surface area contributed by atoms with Crippen molar-refractivity contribution in [2.24, 2.45) is 5.14 Å². The summed E-state index contributed by atoms with van der Waals surface area (Å²) in [6.45, 7) is 0. The SMILES string of the molecule is NS(=O)(=O)Cc1cc(-c2ccccc2)n[nH]1. The van der Waals surface area contributed by atoms with Gasteiger partial charge in [-0.15, -0.1) is 0 Å². The number of benzene rings is 1. The molecule has 16 heavy (non-hydrogen) atoms. The monoisotopic (exact) mass is 237 g/mol. The van der Waals surface area contributed by atoms with Crippen molar-refractivity contribution >= 4 is 10.0 Å². The first kappa shape index (κ1) is 10.8. The quantitative estimate of drug-likeness (QED) is 0.829. The minimum atomic E-state index is -3.52. The van der Waals surface area contributed by atoms with Crippen LogP contribution in [0, 0.1) is 0 Å². The van der Waals surface area contributed by atoms with Crippen LogP contribution in [-0.4, -0.2) is 18.6 Å². The number of nitrogens with two attached hydrogens (primary N) is 1. The lowest BCUT2D eigenvalue weighted by Crippen LogP contribution is -2.14. The van der Waals surface area contributed by atoms with Gasteiger partial charge in [-0.05, 0) is 6.07 Å². The van der Waals surface area contributed by atoms with Crippen molar-refractivity contribution < 1.29 is 8.42 Å². The highest BCUT2D eigenvalue weighted by Gasteiger charge is 2.09. The Morgan fingerprint density at radius 3 is 2.56 bits per heavy atom. The van der Waals surface area contributed by atoms with Gasteiger partial charge in [-0.1, -0.05) is 30.3 Å². The fourth-order valence-electron chi connectivity index (χ4n) is 1.41. The first-order valence-electron chi connectivity index (χ1n) is 4.65. The van der Waals surface area contributed by atoms with E-state index in [-0.39, 0.29) is 5.75 Å². The molecule has 0 saturated heterocycles. The lowest BCUT2D eigenvalue weighted by molar-refractivity contribution is 0.596. The number of rotatable bonds is 3. The summed E-state index contributed by atoms with van der Waals surface area (Å²) < 4.78 is 21.8. The number of nitrogens with zero attached hydrogens (tertiary/aromatic N) is 1. The van der Waals surface area contributed by atoms with Crippen LogP contribution < -0.4 is 5.14 Å². The molecular formula is C10H11N3O2S. The maximum absolute atomic E-state index is 10.9. The third-order valence-corrected chi connectivity index (χ3v) is 2.77. The summed E-state index contributed by atoms with van der Waals surface area (Å²) in [5, 5.41) is 11.6. The molecule has 3 N–H and O–H groups in total. The van der Waals surface area contributed by atoms with Crippen LogP contribution >= 0.6 is 0 Å². The summed E-state index contributed by atoms with van der Waals surface area (Å²) in [5.41, 5.74) is 2.13. The highest BCUT2D eigenvalue weighted by atomic mass is 32.2. The summed E-state index contributed by atoms with van der Waals surface area (Å²) in [4.78, 5) is 0. The first-order chi connectivity index (χ1) is 7.54. The molecule has 1 aromatic carbocycles. The number of H-pyrrole nitrogens is 1. The van der Waals surface area contributed by atoms with Crippen LogP contribution in [0.25, 0.3) is 11.3 Å². The fourth-order valence-corrected chi connectivity index (χ4v) is 1.99. The predicted molar refractivity (Wildman–Crippen MR) is 60.8 cm³/mol. The molecule has 0 aliphatic rings. The fraction of sp³-hybridized carbons (Fsp3) is 0.100. The van der Waals surface area contributed by atoms with Gasteiger partial charge < -0.3 is 0 Å². The number of nitrogens with one attached hydrogen (secondary N) is 1. The van der Waals surface area contributed by atoms with E-state index in [1.807, 2.05) is 30.3 Å². The van der Waals surface area contributed by atoms with Gasteiger partial charge in [0, 0.05) is 5.56 Å². The number of sulfonamides is 1. The Kier molecular flexibility index (Phi) is 2.76. The number of hydrogen-bond donors (Lipinski definition) is 2. The molecule has 0 unspecified atom stereocenters. The smallest absolute Gasteiger partial charge is 0.214 e. The van der Waals surface area contributed by atoms with E-state index in [4.69, 9.17) is 5.14 Å². The van der Waals surface area contributed by atoms with Crippen molar-refractivity contribution in [1.82, 2.24) is 10.2 Å². The van der Waals surface area contributed by atoms with Crippen LogP contribution in [0.3, 0.4) is 0 Å². The lowest BCUT2D eigenvalue weighted by Gasteiger charge is -1.93. The highest BCUT2D eigenvalue weighted by molar-refractivity contribution is 7.88. The number of aromatic amines is 1. The van der Waals surface area contributed by atoms with E-state index in [0.717, 1.165) is 5.56 Å². The van der Waals surface area contributed by atoms with E-state index in [2.05, 4.69) is 10.2 Å². The minimum Gasteiger partial charge on any atom is -0.281 e. The van der Waals surface area contributed by atoms with Gasteiger partial charge in [0.05, 0.1) is 11.4 Å². The zero-order chi connectivity index (χ0) is 11.6. The van der Waals surface area contributed by atoms with Crippen LogP contribution in [0.4, 0.5) is 0 Å². The molecular weight excluding hydrogens is 226 g/mol. The van der Waals surface area contributed by atoms with E-state index >= 15 is 0 Å². The maximum Gasteiger partial charge on any atom is 0.214 e. The van der Waals surface area contributed by atoms with E-state index in [1.165, 1.54) is 0 Å². The molecule has 0 bridgehead atoms. The van der Waals surface area contributed by atoms with Crippen LogP contribution in [0.2, 0.25) is 0 Å². The Balaban J connectivity index is 2.27. The molecule has 0 fully saturated rings. The Bertz CT molecular complexity index is 575. The molecule has 6 heteroatoms. The number of primary sulfonamides is 1. The Morgan fingerprint density at radius 2 is 1.94 bits per heavy atom. The molecule has 1 aromatic heterocycles. The second-order valence-electron chi connectivity index (χ2n) is 3.45. The van der Waals surface area contributed by atoms with Gasteiger partial charge in [-0.25, -0.2) is 13.6 Å². The van der Waals surface area contributed by atoms with Gasteiger partial charge in [0.2, 0.25) is 10.0 Å². The second kappa shape index (κ2) is 4.07. The van der Waals surface area contributed by atoms with Crippen molar-refractivity contribution in [2.45, 2.75) is 5.75 Å². The molecule has 0 aliphatic heterocycles. The topological polar surface area (TPSA) is 88.8 Å². The first-order valence-corrected chi connectivity index (χ1v) is 6.36. The summed E-state index contributed by atoms with van der Waals surface area (Å²) in [6, 6.07) is 11.2. The molecule has 5 nitrogen and oxygen atoms in total.